The summed E-state index contributed by atoms with van der Waals surface area (Å²) in [6.07, 6.45) is 3.37. The van der Waals surface area contributed by atoms with Gasteiger partial charge in [-0.25, -0.2) is 4.99 Å². The molecule has 1 aliphatic carbocycles. The zero-order chi connectivity index (χ0) is 20.6. The van der Waals surface area contributed by atoms with Crippen molar-refractivity contribution in [1.82, 2.24) is 0 Å². The summed E-state index contributed by atoms with van der Waals surface area (Å²) in [4.78, 5) is 19.1. The molecule has 0 aromatic heterocycles. The Hall–Kier alpha value is -2.80. The fourth-order valence-electron chi connectivity index (χ4n) is 3.49. The number of rotatable bonds is 2. The third-order valence-corrected chi connectivity index (χ3v) is 5.08. The van der Waals surface area contributed by atoms with Crippen molar-refractivity contribution < 1.29 is 19.0 Å². The molecule has 1 saturated heterocycles. The van der Waals surface area contributed by atoms with Crippen molar-refractivity contribution in [2.24, 2.45) is 4.99 Å². The van der Waals surface area contributed by atoms with Gasteiger partial charge in [0.1, 0.15) is 0 Å². The summed E-state index contributed by atoms with van der Waals surface area (Å²) in [5, 5.41) is 0. The number of fused-ring (bicyclic) bond motifs is 1. The van der Waals surface area contributed by atoms with Crippen LogP contribution in [-0.2, 0) is 14.2 Å². The van der Waals surface area contributed by atoms with Gasteiger partial charge in [0.15, 0.2) is 5.78 Å². The van der Waals surface area contributed by atoms with E-state index >= 15 is 0 Å². The molecule has 156 valence electrons. The second-order valence-corrected chi connectivity index (χ2v) is 7.08. The molecule has 0 saturated carbocycles. The summed E-state index contributed by atoms with van der Waals surface area (Å²) in [6.45, 7) is 5.25. The van der Waals surface area contributed by atoms with Gasteiger partial charge in [-0.15, -0.1) is 0 Å². The number of ether oxygens (including phenoxy) is 3. The number of nitrogens with zero attached hydrogens (tertiary/aromatic N) is 2. The average Bonchev–Trinajstić information content (AvgIpc) is 2.77. The standard InChI is InChI=1S/C24H26N2O4/c27-24-10-9-23(21-3-1-2-4-22(21)24)25-19-5-7-20(8-6-19)26-11-13-28-15-17-30-18-16-29-14-12-26/h1-10H,11-18H2. The Labute approximate surface area is 176 Å². The Balaban J connectivity index is 1.48. The molecule has 1 aliphatic heterocycles. The third-order valence-electron chi connectivity index (χ3n) is 5.08. The molecule has 4 rings (SSSR count). The normalized spacial score (nSPS) is 19.8. The minimum atomic E-state index is 0.0196. The van der Waals surface area contributed by atoms with Crippen molar-refractivity contribution in [2.45, 2.75) is 0 Å². The molecular weight excluding hydrogens is 380 g/mol. The van der Waals surface area contributed by atoms with Gasteiger partial charge in [0.05, 0.1) is 51.0 Å². The summed E-state index contributed by atoms with van der Waals surface area (Å²) < 4.78 is 16.7. The Morgan fingerprint density at radius 3 is 1.97 bits per heavy atom. The lowest BCUT2D eigenvalue weighted by molar-refractivity contribution is 0.0126. The first-order valence-corrected chi connectivity index (χ1v) is 10.3. The topological polar surface area (TPSA) is 60.4 Å². The highest BCUT2D eigenvalue weighted by atomic mass is 16.5. The van der Waals surface area contributed by atoms with Gasteiger partial charge in [0.25, 0.3) is 0 Å². The van der Waals surface area contributed by atoms with Crippen LogP contribution in [0, 0.1) is 0 Å². The van der Waals surface area contributed by atoms with E-state index in [9.17, 15) is 4.79 Å². The quantitative estimate of drug-likeness (QED) is 0.765. The molecule has 0 radical (unpaired) electrons. The van der Waals surface area contributed by atoms with Gasteiger partial charge in [0, 0.05) is 29.9 Å². The Morgan fingerprint density at radius 2 is 1.30 bits per heavy atom. The number of hydrogen-bond acceptors (Lipinski definition) is 6. The summed E-state index contributed by atoms with van der Waals surface area (Å²) >= 11 is 0. The van der Waals surface area contributed by atoms with Crippen LogP contribution in [0.1, 0.15) is 15.9 Å². The van der Waals surface area contributed by atoms with Gasteiger partial charge >= 0.3 is 0 Å². The molecule has 30 heavy (non-hydrogen) atoms. The van der Waals surface area contributed by atoms with Gasteiger partial charge in [-0.1, -0.05) is 24.3 Å². The first-order chi connectivity index (χ1) is 14.8. The lowest BCUT2D eigenvalue weighted by Crippen LogP contribution is -2.32. The number of carbonyl (C=O) groups is 1. The Bertz CT molecular complexity index is 909. The van der Waals surface area contributed by atoms with E-state index < -0.39 is 0 Å². The molecule has 0 bridgehead atoms. The van der Waals surface area contributed by atoms with E-state index in [1.807, 2.05) is 36.4 Å². The lowest BCUT2D eigenvalue weighted by Gasteiger charge is -2.25. The zero-order valence-corrected chi connectivity index (χ0v) is 17.0. The summed E-state index contributed by atoms with van der Waals surface area (Å²) in [5.41, 5.74) is 4.32. The maximum atomic E-state index is 12.1. The molecule has 0 spiro atoms. The van der Waals surface area contributed by atoms with Crippen LogP contribution in [0.3, 0.4) is 0 Å². The van der Waals surface area contributed by atoms with Gasteiger partial charge in [-0.2, -0.15) is 0 Å². The van der Waals surface area contributed by atoms with Crippen molar-refractivity contribution >= 4 is 22.9 Å². The number of hydrogen-bond donors (Lipinski definition) is 0. The molecule has 0 N–H and O–H groups in total. The maximum absolute atomic E-state index is 12.1. The molecule has 6 heteroatoms. The largest absolute Gasteiger partial charge is 0.377 e. The number of anilines is 1. The molecule has 6 nitrogen and oxygen atoms in total. The molecule has 0 atom stereocenters. The molecule has 2 aliphatic rings. The molecule has 0 unspecified atom stereocenters. The highest BCUT2D eigenvalue weighted by molar-refractivity contribution is 6.24. The minimum Gasteiger partial charge on any atom is -0.377 e. The molecular formula is C24H26N2O4. The van der Waals surface area contributed by atoms with E-state index in [2.05, 4.69) is 17.0 Å². The average molecular weight is 406 g/mol. The number of carbonyl (C=O) groups excluding carboxylic acids is 1. The van der Waals surface area contributed by atoms with Crippen molar-refractivity contribution in [3.05, 3.63) is 71.8 Å². The van der Waals surface area contributed by atoms with Crippen molar-refractivity contribution in [2.75, 3.05) is 57.6 Å². The van der Waals surface area contributed by atoms with Crippen molar-refractivity contribution in [3.63, 3.8) is 0 Å². The van der Waals surface area contributed by atoms with E-state index in [0.717, 1.165) is 35.7 Å². The predicted molar refractivity (Wildman–Crippen MR) is 117 cm³/mol. The second kappa shape index (κ2) is 10.3. The van der Waals surface area contributed by atoms with Crippen LogP contribution >= 0.6 is 0 Å². The highest BCUT2D eigenvalue weighted by Gasteiger charge is 2.16. The van der Waals surface area contributed by atoms with E-state index in [1.165, 1.54) is 0 Å². The van der Waals surface area contributed by atoms with Crippen molar-refractivity contribution in [1.29, 1.82) is 0 Å². The van der Waals surface area contributed by atoms with E-state index in [-0.39, 0.29) is 5.78 Å². The van der Waals surface area contributed by atoms with Crippen LogP contribution < -0.4 is 4.90 Å². The Morgan fingerprint density at radius 1 is 0.700 bits per heavy atom. The van der Waals surface area contributed by atoms with E-state index in [1.54, 1.807) is 12.2 Å². The molecule has 0 amide bonds. The van der Waals surface area contributed by atoms with Crippen LogP contribution in [0.25, 0.3) is 0 Å². The summed E-state index contributed by atoms with van der Waals surface area (Å²) in [7, 11) is 0. The van der Waals surface area contributed by atoms with Crippen LogP contribution in [0.15, 0.2) is 65.7 Å². The minimum absolute atomic E-state index is 0.0196. The van der Waals surface area contributed by atoms with Gasteiger partial charge in [0.2, 0.25) is 0 Å². The fraction of sp³-hybridized carbons (Fsp3) is 0.333. The van der Waals surface area contributed by atoms with E-state index in [0.29, 0.717) is 45.2 Å². The smallest absolute Gasteiger partial charge is 0.186 e. The SMILES string of the molecule is O=C1C=CC(=Nc2ccc(N3CCOCCOCCOCC3)cc2)c2ccccc21. The molecule has 2 aromatic carbocycles. The molecule has 1 heterocycles. The van der Waals surface area contributed by atoms with Crippen LogP contribution in [-0.4, -0.2) is 64.2 Å². The highest BCUT2D eigenvalue weighted by Crippen LogP contribution is 2.23. The first-order valence-electron chi connectivity index (χ1n) is 10.3. The monoisotopic (exact) mass is 406 g/mol. The van der Waals surface area contributed by atoms with Gasteiger partial charge < -0.3 is 19.1 Å². The lowest BCUT2D eigenvalue weighted by atomic mass is 9.94. The number of aliphatic imine (C=N–C) groups is 1. The van der Waals surface area contributed by atoms with Gasteiger partial charge in [-0.05, 0) is 36.4 Å². The van der Waals surface area contributed by atoms with Crippen LogP contribution in [0.4, 0.5) is 11.4 Å². The third kappa shape index (κ3) is 5.21. The number of allylic oxidation sites excluding steroid dienone is 2. The Kier molecular flexibility index (Phi) is 7.03. The van der Waals surface area contributed by atoms with Crippen molar-refractivity contribution in [3.8, 4) is 0 Å². The molecule has 2 aromatic rings. The maximum Gasteiger partial charge on any atom is 0.186 e. The zero-order valence-electron chi connectivity index (χ0n) is 17.0. The van der Waals surface area contributed by atoms with Crippen LogP contribution in [0.2, 0.25) is 0 Å². The summed E-state index contributed by atoms with van der Waals surface area (Å²) in [5.74, 6) is 0.0196. The fourth-order valence-corrected chi connectivity index (χ4v) is 3.49. The molecule has 1 fully saturated rings. The van der Waals surface area contributed by atoms with Gasteiger partial charge in [-0.3, -0.25) is 4.79 Å². The summed E-state index contributed by atoms with van der Waals surface area (Å²) in [6, 6.07) is 15.7. The number of ketones is 1. The first kappa shape index (κ1) is 20.5. The van der Waals surface area contributed by atoms with E-state index in [4.69, 9.17) is 19.2 Å². The predicted octanol–water partition coefficient (Wildman–Crippen LogP) is 3.43. The second-order valence-electron chi connectivity index (χ2n) is 7.08. The number of benzene rings is 2. The van der Waals surface area contributed by atoms with Crippen LogP contribution in [0.5, 0.6) is 0 Å².